The number of carbonyl (C=O) groups is 5. The van der Waals surface area contributed by atoms with Crippen molar-refractivity contribution >= 4 is 75.1 Å². The summed E-state index contributed by atoms with van der Waals surface area (Å²) in [7, 11) is 1.67. The molecule has 9 rings (SSSR count). The highest BCUT2D eigenvalue weighted by Crippen LogP contribution is 2.43. The van der Waals surface area contributed by atoms with Gasteiger partial charge in [-0.05, 0) is 67.6 Å². The summed E-state index contributed by atoms with van der Waals surface area (Å²) in [5, 5.41) is 6.69. The minimum Gasteiger partial charge on any atom is -0.480 e. The van der Waals surface area contributed by atoms with E-state index in [9.17, 15) is 28.8 Å². The molecule has 17 heteroatoms. The molecule has 0 saturated carbocycles. The molecule has 4 saturated heterocycles. The van der Waals surface area contributed by atoms with Crippen LogP contribution in [0.3, 0.4) is 0 Å². The first-order valence-electron chi connectivity index (χ1n) is 20.0. The summed E-state index contributed by atoms with van der Waals surface area (Å²) in [4.78, 5) is 92.4. The molecule has 7 heterocycles. The quantitative estimate of drug-likeness (QED) is 0.210. The van der Waals surface area contributed by atoms with Crippen LogP contribution in [0, 0.1) is 11.3 Å². The van der Waals surface area contributed by atoms with Crippen molar-refractivity contribution in [1.82, 2.24) is 29.7 Å². The van der Waals surface area contributed by atoms with Crippen molar-refractivity contribution in [2.45, 2.75) is 45.1 Å². The van der Waals surface area contributed by atoms with Crippen LogP contribution in [-0.4, -0.2) is 112 Å². The summed E-state index contributed by atoms with van der Waals surface area (Å²) in [6.45, 7) is 8.06. The standard InChI is InChI=1S/C42H44ClN9O7/c1-3-28(53)19-59-34-15-25-14-26(4-7-32(25)48(2)40(34)58)45-36-31(43)17-44-41(47-36)50-12-10-24(11-13-50)18-49-20-42(21-49)22-51(23-42)27-5-6-29-30(16-27)39(57)52(38(29)56)33-8-9-35(54)46-37(33)55/h4-7,14-17,24,33H,3,8-13,18-23H2,1-2H3,(H,44,45,47)(H,46,54,55). The molecule has 1 spiro atoms. The van der Waals surface area contributed by atoms with Gasteiger partial charge >= 0.3 is 0 Å². The number of Topliss-reactive ketones (excluding diaryl/α,β-unsaturated/α-hetero) is 1. The van der Waals surface area contributed by atoms with Crippen LogP contribution >= 0.6 is 11.6 Å². The molecule has 4 fully saturated rings. The van der Waals surface area contributed by atoms with Crippen molar-refractivity contribution in [2.75, 3.05) is 67.5 Å². The number of hydrogen-bond donors (Lipinski definition) is 2. The number of ether oxygens (including phenoxy) is 1. The van der Waals surface area contributed by atoms with Crippen molar-refractivity contribution in [3.63, 3.8) is 0 Å². The Morgan fingerprint density at radius 3 is 2.46 bits per heavy atom. The molecule has 4 aromatic rings. The second-order valence-electron chi connectivity index (χ2n) is 16.5. The number of anilines is 4. The van der Waals surface area contributed by atoms with Gasteiger partial charge in [-0.15, -0.1) is 0 Å². The highest BCUT2D eigenvalue weighted by atomic mass is 35.5. The van der Waals surface area contributed by atoms with Gasteiger partial charge in [0.2, 0.25) is 17.8 Å². The zero-order valence-corrected chi connectivity index (χ0v) is 33.6. The molecule has 2 aromatic carbocycles. The highest BCUT2D eigenvalue weighted by molar-refractivity contribution is 6.33. The second-order valence-corrected chi connectivity index (χ2v) is 16.9. The normalized spacial score (nSPS) is 20.5. The van der Waals surface area contributed by atoms with Crippen LogP contribution in [-0.2, 0) is 21.4 Å². The van der Waals surface area contributed by atoms with Gasteiger partial charge in [0, 0.05) is 87.9 Å². The van der Waals surface area contributed by atoms with E-state index >= 15 is 0 Å². The highest BCUT2D eigenvalue weighted by Gasteiger charge is 2.52. The van der Waals surface area contributed by atoms with Gasteiger partial charge in [-0.2, -0.15) is 4.98 Å². The predicted octanol–water partition coefficient (Wildman–Crippen LogP) is 3.52. The molecule has 5 aliphatic heterocycles. The van der Waals surface area contributed by atoms with E-state index in [-0.39, 0.29) is 42.0 Å². The number of rotatable bonds is 11. The summed E-state index contributed by atoms with van der Waals surface area (Å²) in [6.07, 6.45) is 4.19. The predicted molar refractivity (Wildman–Crippen MR) is 219 cm³/mol. The number of pyridine rings is 1. The van der Waals surface area contributed by atoms with Crippen LogP contribution in [0.2, 0.25) is 5.02 Å². The van der Waals surface area contributed by atoms with Crippen LogP contribution in [0.25, 0.3) is 10.9 Å². The molecule has 59 heavy (non-hydrogen) atoms. The van der Waals surface area contributed by atoms with Crippen molar-refractivity contribution in [3.8, 4) is 5.75 Å². The number of halogens is 1. The van der Waals surface area contributed by atoms with Crippen molar-refractivity contribution in [2.24, 2.45) is 18.4 Å². The van der Waals surface area contributed by atoms with Gasteiger partial charge in [0.25, 0.3) is 17.4 Å². The fourth-order valence-corrected chi connectivity index (χ4v) is 9.28. The maximum atomic E-state index is 13.3. The number of fused-ring (bicyclic) bond motifs is 2. The van der Waals surface area contributed by atoms with Gasteiger partial charge in [0.1, 0.15) is 17.7 Å². The zero-order chi connectivity index (χ0) is 41.2. The molecule has 0 bridgehead atoms. The number of aryl methyl sites for hydroxylation is 1. The third-order valence-electron chi connectivity index (χ3n) is 12.3. The monoisotopic (exact) mass is 821 g/mol. The number of ketones is 1. The Balaban J connectivity index is 0.762. The van der Waals surface area contributed by atoms with Gasteiger partial charge in [0.15, 0.2) is 17.4 Å². The maximum absolute atomic E-state index is 13.3. The van der Waals surface area contributed by atoms with Gasteiger partial charge in [-0.3, -0.25) is 39.0 Å². The third kappa shape index (κ3) is 7.17. The maximum Gasteiger partial charge on any atom is 0.293 e. The van der Waals surface area contributed by atoms with Crippen LogP contribution in [0.5, 0.6) is 5.75 Å². The van der Waals surface area contributed by atoms with E-state index in [1.54, 1.807) is 38.4 Å². The first-order chi connectivity index (χ1) is 28.4. The minimum absolute atomic E-state index is 0.0879. The minimum atomic E-state index is -0.976. The molecule has 0 radical (unpaired) electrons. The first kappa shape index (κ1) is 38.6. The van der Waals surface area contributed by atoms with E-state index in [4.69, 9.17) is 21.3 Å². The average molecular weight is 822 g/mol. The number of nitrogens with zero attached hydrogens (tertiary/aromatic N) is 7. The fraction of sp³-hybridized carbons (Fsp3) is 0.429. The first-order valence-corrected chi connectivity index (χ1v) is 20.4. The van der Waals surface area contributed by atoms with Gasteiger partial charge in [0.05, 0.1) is 22.8 Å². The second kappa shape index (κ2) is 15.1. The average Bonchev–Trinajstić information content (AvgIpc) is 3.44. The van der Waals surface area contributed by atoms with Gasteiger partial charge in [-0.1, -0.05) is 18.5 Å². The summed E-state index contributed by atoms with van der Waals surface area (Å²) >= 11 is 6.56. The smallest absolute Gasteiger partial charge is 0.293 e. The molecule has 2 N–H and O–H groups in total. The lowest BCUT2D eigenvalue weighted by atomic mass is 9.72. The number of aromatic nitrogens is 3. The number of amides is 4. The van der Waals surface area contributed by atoms with Crippen molar-refractivity contribution in [3.05, 3.63) is 75.2 Å². The van der Waals surface area contributed by atoms with Crippen LogP contribution in [0.15, 0.2) is 53.5 Å². The van der Waals surface area contributed by atoms with Crippen LogP contribution in [0.4, 0.5) is 23.1 Å². The lowest BCUT2D eigenvalue weighted by Gasteiger charge is -2.61. The topological polar surface area (TPSA) is 179 Å². The number of benzene rings is 2. The van der Waals surface area contributed by atoms with E-state index in [0.29, 0.717) is 45.8 Å². The van der Waals surface area contributed by atoms with Crippen molar-refractivity contribution in [1.29, 1.82) is 0 Å². The number of piperidine rings is 2. The Morgan fingerprint density at radius 2 is 1.71 bits per heavy atom. The summed E-state index contributed by atoms with van der Waals surface area (Å²) < 4.78 is 7.06. The fourth-order valence-electron chi connectivity index (χ4n) is 9.14. The molecule has 1 atom stereocenters. The molecule has 2 aromatic heterocycles. The van der Waals surface area contributed by atoms with Crippen LogP contribution < -0.4 is 30.7 Å². The molecular weight excluding hydrogens is 778 g/mol. The largest absolute Gasteiger partial charge is 0.480 e. The lowest BCUT2D eigenvalue weighted by molar-refractivity contribution is -0.136. The lowest BCUT2D eigenvalue weighted by Crippen LogP contribution is -2.72. The van der Waals surface area contributed by atoms with E-state index in [1.807, 2.05) is 24.3 Å². The molecule has 16 nitrogen and oxygen atoms in total. The van der Waals surface area contributed by atoms with E-state index < -0.39 is 29.7 Å². The van der Waals surface area contributed by atoms with Gasteiger partial charge < -0.3 is 29.3 Å². The molecule has 4 amide bonds. The molecule has 1 unspecified atom stereocenters. The molecule has 306 valence electrons. The summed E-state index contributed by atoms with van der Waals surface area (Å²) in [6, 6.07) is 11.6. The number of hydrogen-bond acceptors (Lipinski definition) is 13. The molecule has 0 aliphatic carbocycles. The van der Waals surface area contributed by atoms with E-state index in [2.05, 4.69) is 30.3 Å². The Kier molecular flexibility index (Phi) is 9.86. The molecular formula is C42H44ClN9O7. The van der Waals surface area contributed by atoms with E-state index in [1.165, 1.54) is 4.57 Å². The van der Waals surface area contributed by atoms with Crippen molar-refractivity contribution < 1.29 is 28.7 Å². The summed E-state index contributed by atoms with van der Waals surface area (Å²) in [5.41, 5.74) is 2.82. The Bertz CT molecular complexity index is 2490. The summed E-state index contributed by atoms with van der Waals surface area (Å²) in [5.74, 6) is -0.328. The Hall–Kier alpha value is -5.87. The third-order valence-corrected chi connectivity index (χ3v) is 12.6. The van der Waals surface area contributed by atoms with E-state index in [0.717, 1.165) is 80.3 Å². The number of imide groups is 2. The number of carbonyl (C=O) groups excluding carboxylic acids is 5. The van der Waals surface area contributed by atoms with Crippen LogP contribution in [0.1, 0.15) is 59.7 Å². The van der Waals surface area contributed by atoms with Gasteiger partial charge in [-0.25, -0.2) is 4.98 Å². The number of likely N-dealkylation sites (tertiary alicyclic amines) is 1. The molecule has 5 aliphatic rings. The number of nitrogens with one attached hydrogen (secondary N) is 2. The Labute approximate surface area is 344 Å². The SMILES string of the molecule is CCC(=O)COc1cc2cc(Nc3nc(N4CCC(CN5CC6(C5)CN(c5ccc7c(c5)C(=O)N(C5CCC(=O)NC5=O)C7=O)C6)CC4)ncc3Cl)ccc2n(C)c1=O. The zero-order valence-electron chi connectivity index (χ0n) is 32.8. The Morgan fingerprint density at radius 1 is 0.949 bits per heavy atom.